The second-order valence-electron chi connectivity index (χ2n) is 3.69. The van der Waals surface area contributed by atoms with Crippen LogP contribution in [0, 0.1) is 0 Å². The van der Waals surface area contributed by atoms with E-state index in [1.165, 1.54) is 37.5 Å². The number of carbonyl (C=O) groups excluding carboxylic acids is 1. The van der Waals surface area contributed by atoms with Gasteiger partial charge in [-0.25, -0.2) is 0 Å². The number of hydrogen-bond donors (Lipinski definition) is 2. The topological polar surface area (TPSA) is 96.4 Å². The zero-order valence-corrected chi connectivity index (χ0v) is 10.2. The number of carbonyl (C=O) groups is 1. The third-order valence-corrected chi connectivity index (χ3v) is 3.28. The number of pyridine rings is 1. The number of benzene rings is 1. The van der Waals surface area contributed by atoms with E-state index in [9.17, 15) is 13.2 Å². The van der Waals surface area contributed by atoms with E-state index in [2.05, 4.69) is 10.3 Å². The lowest BCUT2D eigenvalue weighted by molar-refractivity contribution is -0.114. The Morgan fingerprint density at radius 2 is 2.00 bits per heavy atom. The van der Waals surface area contributed by atoms with Gasteiger partial charge in [0.05, 0.1) is 5.69 Å². The summed E-state index contributed by atoms with van der Waals surface area (Å²) in [6, 6.07) is 4.11. The summed E-state index contributed by atoms with van der Waals surface area (Å²) in [5, 5.41) is 3.32. The summed E-state index contributed by atoms with van der Waals surface area (Å²) in [6.45, 7) is 1.35. The number of amides is 1. The van der Waals surface area contributed by atoms with Gasteiger partial charge in [-0.05, 0) is 18.2 Å². The van der Waals surface area contributed by atoms with Crippen molar-refractivity contribution in [3.8, 4) is 0 Å². The summed E-state index contributed by atoms with van der Waals surface area (Å²) in [5.41, 5.74) is 0.443. The van der Waals surface area contributed by atoms with E-state index in [0.29, 0.717) is 16.5 Å². The molecule has 18 heavy (non-hydrogen) atoms. The molecule has 0 unspecified atom stereocenters. The molecule has 1 heterocycles. The van der Waals surface area contributed by atoms with Crippen LogP contribution in [0.4, 0.5) is 5.69 Å². The Morgan fingerprint density at radius 1 is 1.28 bits per heavy atom. The minimum atomic E-state index is -4.32. The normalized spacial score (nSPS) is 11.4. The van der Waals surface area contributed by atoms with Crippen molar-refractivity contribution in [3.63, 3.8) is 0 Å². The highest BCUT2D eigenvalue weighted by molar-refractivity contribution is 7.86. The van der Waals surface area contributed by atoms with Crippen molar-refractivity contribution in [2.24, 2.45) is 0 Å². The molecule has 0 aliphatic heterocycles. The Kier molecular flexibility index (Phi) is 3.02. The first kappa shape index (κ1) is 12.5. The molecule has 1 aromatic carbocycles. The smallest absolute Gasteiger partial charge is 0.295 e. The second kappa shape index (κ2) is 4.35. The van der Waals surface area contributed by atoms with E-state index in [4.69, 9.17) is 4.55 Å². The van der Waals surface area contributed by atoms with Crippen LogP contribution in [-0.4, -0.2) is 23.9 Å². The molecule has 0 saturated heterocycles. The van der Waals surface area contributed by atoms with Crippen LogP contribution in [-0.2, 0) is 14.9 Å². The largest absolute Gasteiger partial charge is 0.326 e. The molecule has 0 saturated carbocycles. The van der Waals surface area contributed by atoms with Gasteiger partial charge in [-0.2, -0.15) is 8.42 Å². The SMILES string of the molecule is CC(=O)Nc1ccc(S(=O)(=O)O)c2ccncc12. The molecule has 0 spiro atoms. The van der Waals surface area contributed by atoms with Gasteiger partial charge in [0.25, 0.3) is 10.1 Å². The number of fused-ring (bicyclic) bond motifs is 1. The van der Waals surface area contributed by atoms with Crippen LogP contribution >= 0.6 is 0 Å². The van der Waals surface area contributed by atoms with Gasteiger partial charge in [-0.15, -0.1) is 0 Å². The zero-order valence-electron chi connectivity index (χ0n) is 9.41. The highest BCUT2D eigenvalue weighted by atomic mass is 32.2. The molecule has 7 heteroatoms. The quantitative estimate of drug-likeness (QED) is 0.802. The molecule has 1 amide bonds. The summed E-state index contributed by atoms with van der Waals surface area (Å²) in [6.07, 6.45) is 2.84. The van der Waals surface area contributed by atoms with E-state index in [1.807, 2.05) is 0 Å². The van der Waals surface area contributed by atoms with E-state index >= 15 is 0 Å². The van der Waals surface area contributed by atoms with Gasteiger partial charge in [0.1, 0.15) is 4.90 Å². The van der Waals surface area contributed by atoms with Crippen molar-refractivity contribution in [2.45, 2.75) is 11.8 Å². The van der Waals surface area contributed by atoms with Crippen molar-refractivity contribution >= 4 is 32.5 Å². The van der Waals surface area contributed by atoms with E-state index < -0.39 is 10.1 Å². The summed E-state index contributed by atoms with van der Waals surface area (Å²) >= 11 is 0. The molecule has 6 nitrogen and oxygen atoms in total. The third kappa shape index (κ3) is 2.31. The molecular weight excluding hydrogens is 256 g/mol. The predicted molar refractivity (Wildman–Crippen MR) is 65.9 cm³/mol. The van der Waals surface area contributed by atoms with E-state index in [1.54, 1.807) is 0 Å². The lowest BCUT2D eigenvalue weighted by Gasteiger charge is -2.09. The summed E-state index contributed by atoms with van der Waals surface area (Å²) < 4.78 is 31.6. The Balaban J connectivity index is 2.78. The van der Waals surface area contributed by atoms with Crippen LogP contribution in [0.25, 0.3) is 10.8 Å². The highest BCUT2D eigenvalue weighted by Crippen LogP contribution is 2.28. The lowest BCUT2D eigenvalue weighted by Crippen LogP contribution is -2.07. The molecule has 94 valence electrons. The third-order valence-electron chi connectivity index (χ3n) is 2.37. The fourth-order valence-electron chi connectivity index (χ4n) is 1.69. The van der Waals surface area contributed by atoms with Crippen molar-refractivity contribution in [1.82, 2.24) is 4.98 Å². The Bertz CT molecular complexity index is 725. The average molecular weight is 266 g/mol. The minimum absolute atomic E-state index is 0.214. The molecule has 2 N–H and O–H groups in total. The highest BCUT2D eigenvalue weighted by Gasteiger charge is 2.16. The predicted octanol–water partition coefficient (Wildman–Crippen LogP) is 1.44. The fourth-order valence-corrected chi connectivity index (χ4v) is 2.38. The van der Waals surface area contributed by atoms with Gasteiger partial charge in [-0.3, -0.25) is 14.3 Å². The summed E-state index contributed by atoms with van der Waals surface area (Å²) in [5.74, 6) is -0.278. The maximum Gasteiger partial charge on any atom is 0.295 e. The zero-order chi connectivity index (χ0) is 13.3. The van der Waals surface area contributed by atoms with Crippen LogP contribution in [0.5, 0.6) is 0 Å². The van der Waals surface area contributed by atoms with Crippen LogP contribution in [0.1, 0.15) is 6.92 Å². The molecule has 0 aliphatic rings. The number of nitrogens with one attached hydrogen (secondary N) is 1. The molecule has 2 aromatic rings. The first-order chi connectivity index (χ1) is 8.39. The summed E-state index contributed by atoms with van der Waals surface area (Å²) in [4.78, 5) is 14.7. The summed E-state index contributed by atoms with van der Waals surface area (Å²) in [7, 11) is -4.32. The van der Waals surface area contributed by atoms with Crippen LogP contribution < -0.4 is 5.32 Å². The standard InChI is InChI=1S/C11H10N2O4S/c1-7(14)13-10-2-3-11(18(15,16)17)8-4-5-12-6-9(8)10/h2-6H,1H3,(H,13,14)(H,15,16,17). The van der Waals surface area contributed by atoms with Gasteiger partial charge < -0.3 is 5.32 Å². The Morgan fingerprint density at radius 3 is 2.61 bits per heavy atom. The van der Waals surface area contributed by atoms with Gasteiger partial charge in [-0.1, -0.05) is 0 Å². The molecule has 0 radical (unpaired) electrons. The minimum Gasteiger partial charge on any atom is -0.326 e. The average Bonchev–Trinajstić information content (AvgIpc) is 2.27. The molecule has 2 rings (SSSR count). The molecule has 0 aliphatic carbocycles. The number of hydrogen-bond acceptors (Lipinski definition) is 4. The molecule has 0 fully saturated rings. The van der Waals surface area contributed by atoms with Crippen molar-refractivity contribution in [2.75, 3.05) is 5.32 Å². The Hall–Kier alpha value is -1.99. The molecular formula is C11H10N2O4S. The van der Waals surface area contributed by atoms with Crippen LogP contribution in [0.2, 0.25) is 0 Å². The van der Waals surface area contributed by atoms with Gasteiger partial charge in [0, 0.05) is 30.1 Å². The molecule has 1 aromatic heterocycles. The number of nitrogens with zero attached hydrogens (tertiary/aromatic N) is 1. The maximum absolute atomic E-state index is 11.2. The first-order valence-corrected chi connectivity index (χ1v) is 6.45. The maximum atomic E-state index is 11.2. The fraction of sp³-hybridized carbons (Fsp3) is 0.0909. The number of anilines is 1. The molecule has 0 atom stereocenters. The number of aromatic nitrogens is 1. The molecule has 0 bridgehead atoms. The Labute approximate surface area is 103 Å². The van der Waals surface area contributed by atoms with E-state index in [-0.39, 0.29) is 10.8 Å². The van der Waals surface area contributed by atoms with Gasteiger partial charge >= 0.3 is 0 Å². The van der Waals surface area contributed by atoms with Crippen molar-refractivity contribution in [1.29, 1.82) is 0 Å². The monoisotopic (exact) mass is 266 g/mol. The van der Waals surface area contributed by atoms with E-state index in [0.717, 1.165) is 0 Å². The van der Waals surface area contributed by atoms with Gasteiger partial charge in [0.2, 0.25) is 5.91 Å². The number of rotatable bonds is 2. The van der Waals surface area contributed by atoms with Crippen LogP contribution in [0.3, 0.4) is 0 Å². The van der Waals surface area contributed by atoms with Gasteiger partial charge in [0.15, 0.2) is 0 Å². The first-order valence-electron chi connectivity index (χ1n) is 5.01. The lowest BCUT2D eigenvalue weighted by atomic mass is 10.1. The van der Waals surface area contributed by atoms with Crippen molar-refractivity contribution in [3.05, 3.63) is 30.6 Å². The van der Waals surface area contributed by atoms with Crippen LogP contribution in [0.15, 0.2) is 35.5 Å². The second-order valence-corrected chi connectivity index (χ2v) is 5.08. The van der Waals surface area contributed by atoms with Crippen molar-refractivity contribution < 1.29 is 17.8 Å².